The summed E-state index contributed by atoms with van der Waals surface area (Å²) in [7, 11) is 0. The lowest BCUT2D eigenvalue weighted by molar-refractivity contribution is -0.143. The van der Waals surface area contributed by atoms with E-state index in [4.69, 9.17) is 10.00 Å². The molecule has 3 aliphatic rings. The predicted molar refractivity (Wildman–Crippen MR) is 64.2 cm³/mol. The lowest BCUT2D eigenvalue weighted by Gasteiger charge is -2.42. The molecule has 5 nitrogen and oxygen atoms in total. The summed E-state index contributed by atoms with van der Waals surface area (Å²) in [6.45, 7) is 3.66. The lowest BCUT2D eigenvalue weighted by atomic mass is 9.85. The normalized spacial score (nSPS) is 34.5. The van der Waals surface area contributed by atoms with Crippen LogP contribution >= 0.6 is 0 Å². The second-order valence-corrected chi connectivity index (χ2v) is 5.45. The van der Waals surface area contributed by atoms with Gasteiger partial charge < -0.3 is 15.0 Å². The molecule has 1 amide bonds. The number of piperidine rings is 2. The molecule has 5 heteroatoms. The molecule has 96 valence electrons. The van der Waals surface area contributed by atoms with E-state index in [9.17, 15) is 4.79 Å². The van der Waals surface area contributed by atoms with E-state index in [1.54, 1.807) is 0 Å². The first-order valence-corrected chi connectivity index (χ1v) is 6.50. The van der Waals surface area contributed by atoms with E-state index >= 15 is 0 Å². The first-order valence-electron chi connectivity index (χ1n) is 6.50. The third-order valence-corrected chi connectivity index (χ3v) is 4.00. The van der Waals surface area contributed by atoms with Crippen LogP contribution in [0.15, 0.2) is 11.8 Å². The summed E-state index contributed by atoms with van der Waals surface area (Å²) in [5.41, 5.74) is 0.562. The smallest absolute Gasteiger partial charge is 0.264 e. The van der Waals surface area contributed by atoms with Crippen molar-refractivity contribution in [1.82, 2.24) is 10.2 Å². The molecule has 3 heterocycles. The van der Waals surface area contributed by atoms with E-state index in [1.165, 1.54) is 12.7 Å². The summed E-state index contributed by atoms with van der Waals surface area (Å²) in [6.07, 6.45) is 2.62. The molecule has 0 aromatic rings. The van der Waals surface area contributed by atoms with Crippen LogP contribution in [0, 0.1) is 23.2 Å². The Morgan fingerprint density at radius 1 is 1.44 bits per heavy atom. The largest absolute Gasteiger partial charge is 0.487 e. The van der Waals surface area contributed by atoms with Gasteiger partial charge in [-0.05, 0) is 31.3 Å². The van der Waals surface area contributed by atoms with Crippen LogP contribution in [0.1, 0.15) is 12.8 Å². The van der Waals surface area contributed by atoms with Crippen molar-refractivity contribution in [2.24, 2.45) is 11.8 Å². The van der Waals surface area contributed by atoms with Crippen molar-refractivity contribution in [2.75, 3.05) is 26.2 Å². The van der Waals surface area contributed by atoms with Crippen molar-refractivity contribution < 1.29 is 9.53 Å². The van der Waals surface area contributed by atoms with E-state index < -0.39 is 6.10 Å². The Hall–Kier alpha value is -1.54. The molecule has 3 rings (SSSR count). The first-order chi connectivity index (χ1) is 8.76. The number of nitrogens with zero attached hydrogens (tertiary/aromatic N) is 2. The highest BCUT2D eigenvalue weighted by Crippen LogP contribution is 2.27. The second-order valence-electron chi connectivity index (χ2n) is 5.45. The molecule has 2 saturated heterocycles. The molecule has 0 aromatic heterocycles. The maximum Gasteiger partial charge on any atom is 0.264 e. The minimum atomic E-state index is -0.466. The fourth-order valence-corrected chi connectivity index (χ4v) is 3.17. The van der Waals surface area contributed by atoms with Crippen LogP contribution in [-0.4, -0.2) is 43.1 Å². The molecule has 0 aliphatic carbocycles. The number of nitriles is 1. The number of ether oxygens (including phenoxy) is 1. The number of carbonyl (C=O) groups is 1. The van der Waals surface area contributed by atoms with Crippen LogP contribution in [0.5, 0.6) is 0 Å². The van der Waals surface area contributed by atoms with Crippen molar-refractivity contribution in [3.05, 3.63) is 11.8 Å². The summed E-state index contributed by atoms with van der Waals surface area (Å²) in [6, 6.07) is 2.05. The third kappa shape index (κ3) is 2.08. The van der Waals surface area contributed by atoms with E-state index in [0.717, 1.165) is 26.2 Å². The standard InChI is InChI=1S/C13H17N3O2/c14-3-9-2-12(18-8-9)13(17)16-6-10-1-11(7-16)5-15-4-10/h8,10-12,15H,1-2,4-7H2. The first kappa shape index (κ1) is 11.5. The number of nitrogens with one attached hydrogen (secondary N) is 1. The van der Waals surface area contributed by atoms with Gasteiger partial charge in [-0.25, -0.2) is 0 Å². The Morgan fingerprint density at radius 3 is 2.78 bits per heavy atom. The maximum atomic E-state index is 12.3. The number of fused-ring (bicyclic) bond motifs is 2. The number of hydrogen-bond donors (Lipinski definition) is 1. The number of rotatable bonds is 1. The van der Waals surface area contributed by atoms with Gasteiger partial charge in [0.1, 0.15) is 0 Å². The average molecular weight is 247 g/mol. The van der Waals surface area contributed by atoms with Gasteiger partial charge in [0.15, 0.2) is 6.10 Å². The molecule has 18 heavy (non-hydrogen) atoms. The number of hydrogen-bond acceptors (Lipinski definition) is 4. The zero-order chi connectivity index (χ0) is 12.5. The fraction of sp³-hybridized carbons (Fsp3) is 0.692. The fourth-order valence-electron chi connectivity index (χ4n) is 3.17. The van der Waals surface area contributed by atoms with Crippen LogP contribution in [0.25, 0.3) is 0 Å². The number of carbonyl (C=O) groups excluding carboxylic acids is 1. The van der Waals surface area contributed by atoms with Crippen molar-refractivity contribution in [1.29, 1.82) is 5.26 Å². The molecular weight excluding hydrogens is 230 g/mol. The molecule has 2 bridgehead atoms. The van der Waals surface area contributed by atoms with Gasteiger partial charge in [-0.3, -0.25) is 4.79 Å². The molecule has 3 aliphatic heterocycles. The topological polar surface area (TPSA) is 65.4 Å². The van der Waals surface area contributed by atoms with E-state index in [1.807, 2.05) is 11.0 Å². The molecule has 0 spiro atoms. The Balaban J connectivity index is 1.62. The molecule has 2 fully saturated rings. The average Bonchev–Trinajstić information content (AvgIpc) is 2.86. The highest BCUT2D eigenvalue weighted by atomic mass is 16.5. The zero-order valence-electron chi connectivity index (χ0n) is 10.3. The quantitative estimate of drug-likeness (QED) is 0.721. The monoisotopic (exact) mass is 247 g/mol. The van der Waals surface area contributed by atoms with Gasteiger partial charge in [-0.15, -0.1) is 0 Å². The zero-order valence-corrected chi connectivity index (χ0v) is 10.3. The summed E-state index contributed by atoms with van der Waals surface area (Å²) >= 11 is 0. The van der Waals surface area contributed by atoms with Gasteiger partial charge in [0, 0.05) is 19.5 Å². The lowest BCUT2D eigenvalue weighted by Crippen LogP contribution is -2.54. The Bertz CT molecular complexity index is 414. The molecule has 0 aromatic carbocycles. The minimum Gasteiger partial charge on any atom is -0.487 e. The maximum absolute atomic E-state index is 12.3. The predicted octanol–water partition coefficient (Wildman–Crippen LogP) is 0.251. The van der Waals surface area contributed by atoms with Crippen molar-refractivity contribution in [3.63, 3.8) is 0 Å². The van der Waals surface area contributed by atoms with Gasteiger partial charge >= 0.3 is 0 Å². The van der Waals surface area contributed by atoms with Crippen LogP contribution in [0.2, 0.25) is 0 Å². The summed E-state index contributed by atoms with van der Waals surface area (Å²) in [5, 5.41) is 12.2. The molecule has 3 unspecified atom stereocenters. The SMILES string of the molecule is N#CC1=COC(C(=O)N2CC3CNCC(C3)C2)C1. The molecule has 0 saturated carbocycles. The van der Waals surface area contributed by atoms with Gasteiger partial charge in [0.05, 0.1) is 17.9 Å². The second kappa shape index (κ2) is 4.62. The van der Waals surface area contributed by atoms with Crippen LogP contribution in [-0.2, 0) is 9.53 Å². The highest BCUT2D eigenvalue weighted by Gasteiger charge is 2.37. The summed E-state index contributed by atoms with van der Waals surface area (Å²) < 4.78 is 5.30. The van der Waals surface area contributed by atoms with Gasteiger partial charge in [0.2, 0.25) is 0 Å². The van der Waals surface area contributed by atoms with Gasteiger partial charge in [-0.1, -0.05) is 0 Å². The van der Waals surface area contributed by atoms with Crippen molar-refractivity contribution >= 4 is 5.91 Å². The summed E-state index contributed by atoms with van der Waals surface area (Å²) in [5.74, 6) is 1.20. The molecule has 1 N–H and O–H groups in total. The van der Waals surface area contributed by atoms with Crippen molar-refractivity contribution in [2.45, 2.75) is 18.9 Å². The number of likely N-dealkylation sites (tertiary alicyclic amines) is 1. The van der Waals surface area contributed by atoms with Crippen LogP contribution < -0.4 is 5.32 Å². The van der Waals surface area contributed by atoms with E-state index in [0.29, 0.717) is 23.8 Å². The summed E-state index contributed by atoms with van der Waals surface area (Å²) in [4.78, 5) is 14.3. The Morgan fingerprint density at radius 2 is 2.17 bits per heavy atom. The van der Waals surface area contributed by atoms with E-state index in [2.05, 4.69) is 5.32 Å². The van der Waals surface area contributed by atoms with Gasteiger partial charge in [0.25, 0.3) is 5.91 Å². The number of amides is 1. The molecular formula is C13H17N3O2. The highest BCUT2D eigenvalue weighted by molar-refractivity contribution is 5.82. The molecule has 0 radical (unpaired) electrons. The molecule has 3 atom stereocenters. The Labute approximate surface area is 106 Å². The van der Waals surface area contributed by atoms with Crippen LogP contribution in [0.4, 0.5) is 0 Å². The third-order valence-electron chi connectivity index (χ3n) is 4.00. The van der Waals surface area contributed by atoms with E-state index in [-0.39, 0.29) is 5.91 Å². The minimum absolute atomic E-state index is 0.0492. The Kier molecular flexibility index (Phi) is 2.96. The van der Waals surface area contributed by atoms with Crippen LogP contribution in [0.3, 0.4) is 0 Å². The van der Waals surface area contributed by atoms with Crippen molar-refractivity contribution in [3.8, 4) is 6.07 Å². The van der Waals surface area contributed by atoms with Gasteiger partial charge in [-0.2, -0.15) is 5.26 Å².